The van der Waals surface area contributed by atoms with E-state index in [-0.39, 0.29) is 22.7 Å². The summed E-state index contributed by atoms with van der Waals surface area (Å²) < 4.78 is 10.5. The van der Waals surface area contributed by atoms with E-state index >= 15 is 0 Å². The highest BCUT2D eigenvalue weighted by Crippen LogP contribution is 2.30. The number of nitrogens with one attached hydrogen (secondary N) is 2. The van der Waals surface area contributed by atoms with Crippen LogP contribution in [0.4, 0.5) is 11.4 Å². The van der Waals surface area contributed by atoms with Crippen LogP contribution in [0.1, 0.15) is 47.9 Å². The molecule has 3 rings (SSSR count). The molecule has 0 fully saturated rings. The molecule has 1 aliphatic heterocycles. The molecule has 0 bridgehead atoms. The quantitative estimate of drug-likeness (QED) is 0.416. The van der Waals surface area contributed by atoms with E-state index in [0.29, 0.717) is 17.9 Å². The van der Waals surface area contributed by atoms with E-state index in [1.54, 1.807) is 31.2 Å². The third-order valence-corrected chi connectivity index (χ3v) is 5.67. The van der Waals surface area contributed by atoms with Crippen LogP contribution in [0.15, 0.2) is 42.5 Å². The number of benzene rings is 2. The van der Waals surface area contributed by atoms with Gasteiger partial charge in [0.15, 0.2) is 6.61 Å². The molecule has 184 valence electrons. The summed E-state index contributed by atoms with van der Waals surface area (Å²) in [6.07, 6.45) is 0.493. The number of hydrogen-bond acceptors (Lipinski definition) is 7. The first-order valence-electron chi connectivity index (χ1n) is 11.1. The number of imide groups is 1. The lowest BCUT2D eigenvalue weighted by atomic mass is 9.97. The zero-order valence-electron chi connectivity index (χ0n) is 19.9. The predicted molar refractivity (Wildman–Crippen MR) is 127 cm³/mol. The Labute approximate surface area is 202 Å². The minimum atomic E-state index is -1.18. The van der Waals surface area contributed by atoms with Crippen LogP contribution < -0.4 is 15.4 Å². The lowest BCUT2D eigenvalue weighted by molar-refractivity contribution is -0.152. The van der Waals surface area contributed by atoms with Gasteiger partial charge in [-0.1, -0.05) is 32.4 Å². The molecule has 35 heavy (non-hydrogen) atoms. The molecule has 2 aromatic carbocycles. The molecular formula is C25H27N3O7. The first-order chi connectivity index (χ1) is 16.7. The number of amides is 4. The van der Waals surface area contributed by atoms with E-state index in [0.717, 1.165) is 4.90 Å². The van der Waals surface area contributed by atoms with Crippen LogP contribution in [0.3, 0.4) is 0 Å². The Kier molecular flexibility index (Phi) is 7.85. The lowest BCUT2D eigenvalue weighted by Crippen LogP contribution is -2.49. The number of carbonyl (C=O) groups excluding carboxylic acids is 5. The minimum Gasteiger partial charge on any atom is -0.495 e. The van der Waals surface area contributed by atoms with Crippen molar-refractivity contribution in [1.82, 2.24) is 4.90 Å². The van der Waals surface area contributed by atoms with Crippen LogP contribution in [0, 0.1) is 5.92 Å². The molecule has 0 spiro atoms. The summed E-state index contributed by atoms with van der Waals surface area (Å²) in [5, 5.41) is 5.17. The molecule has 0 aliphatic carbocycles. The number of esters is 1. The minimum absolute atomic E-state index is 0.225. The number of carbonyl (C=O) groups is 5. The van der Waals surface area contributed by atoms with Crippen LogP contribution >= 0.6 is 0 Å². The molecule has 0 saturated heterocycles. The van der Waals surface area contributed by atoms with Crippen molar-refractivity contribution in [3.8, 4) is 5.75 Å². The zero-order valence-corrected chi connectivity index (χ0v) is 19.9. The fourth-order valence-electron chi connectivity index (χ4n) is 3.77. The third kappa shape index (κ3) is 5.48. The van der Waals surface area contributed by atoms with E-state index in [2.05, 4.69) is 10.6 Å². The fourth-order valence-corrected chi connectivity index (χ4v) is 3.77. The smallest absolute Gasteiger partial charge is 0.330 e. The lowest BCUT2D eigenvalue weighted by Gasteiger charge is -2.28. The topological polar surface area (TPSA) is 131 Å². The molecule has 1 heterocycles. The van der Waals surface area contributed by atoms with Crippen molar-refractivity contribution in [3.63, 3.8) is 0 Å². The Bertz CT molecular complexity index is 1140. The van der Waals surface area contributed by atoms with Gasteiger partial charge in [0.1, 0.15) is 11.8 Å². The molecule has 0 radical (unpaired) electrons. The monoisotopic (exact) mass is 481 g/mol. The number of nitrogens with zero attached hydrogens (tertiary/aromatic N) is 1. The fraction of sp³-hybridized carbons (Fsp3) is 0.320. The molecule has 0 aromatic heterocycles. The second kappa shape index (κ2) is 10.8. The van der Waals surface area contributed by atoms with Crippen molar-refractivity contribution in [2.75, 3.05) is 24.4 Å². The average molecular weight is 482 g/mol. The molecule has 0 unspecified atom stereocenters. The Morgan fingerprint density at radius 3 is 2.17 bits per heavy atom. The second-order valence-electron chi connectivity index (χ2n) is 8.11. The van der Waals surface area contributed by atoms with Gasteiger partial charge in [0, 0.05) is 12.6 Å². The van der Waals surface area contributed by atoms with Crippen LogP contribution in [-0.4, -0.2) is 54.3 Å². The van der Waals surface area contributed by atoms with E-state index < -0.39 is 42.3 Å². The van der Waals surface area contributed by atoms with Gasteiger partial charge in [-0.25, -0.2) is 4.79 Å². The summed E-state index contributed by atoms with van der Waals surface area (Å²) in [6.45, 7) is 4.25. The largest absolute Gasteiger partial charge is 0.495 e. The molecule has 0 saturated carbocycles. The molecule has 10 nitrogen and oxygen atoms in total. The van der Waals surface area contributed by atoms with E-state index in [1.165, 1.54) is 32.2 Å². The van der Waals surface area contributed by atoms with Crippen LogP contribution in [-0.2, 0) is 19.1 Å². The van der Waals surface area contributed by atoms with Gasteiger partial charge in [0.25, 0.3) is 17.7 Å². The standard InChI is InChI=1S/C25H27N3O7/c1-5-14(2)22(28-23(31)17-8-6-7-9-18(17)24(28)32)25(33)35-13-21(30)27-19-12-16(26-15(3)29)10-11-20(19)34-4/h6-12,14,22H,5,13H2,1-4H3,(H,26,29)(H,27,30)/t14-,22-/m0/s1. The van der Waals surface area contributed by atoms with Crippen LogP contribution in [0.25, 0.3) is 0 Å². The summed E-state index contributed by atoms with van der Waals surface area (Å²) >= 11 is 0. The number of rotatable bonds is 9. The second-order valence-corrected chi connectivity index (χ2v) is 8.11. The highest BCUT2D eigenvalue weighted by atomic mass is 16.5. The molecular weight excluding hydrogens is 454 g/mol. The zero-order chi connectivity index (χ0) is 25.7. The van der Waals surface area contributed by atoms with Crippen molar-refractivity contribution in [2.24, 2.45) is 5.92 Å². The average Bonchev–Trinajstić information content (AvgIpc) is 3.08. The predicted octanol–water partition coefficient (Wildman–Crippen LogP) is 2.85. The van der Waals surface area contributed by atoms with Gasteiger partial charge in [0.05, 0.1) is 23.9 Å². The normalized spacial score (nSPS) is 14.1. The summed E-state index contributed by atoms with van der Waals surface area (Å²) in [4.78, 5) is 63.6. The summed E-state index contributed by atoms with van der Waals surface area (Å²) in [6, 6.07) is 9.84. The maximum atomic E-state index is 13.0. The van der Waals surface area contributed by atoms with Crippen molar-refractivity contribution in [3.05, 3.63) is 53.6 Å². The maximum Gasteiger partial charge on any atom is 0.330 e. The van der Waals surface area contributed by atoms with Gasteiger partial charge in [-0.05, 0) is 36.2 Å². The van der Waals surface area contributed by atoms with Gasteiger partial charge in [-0.2, -0.15) is 0 Å². The van der Waals surface area contributed by atoms with Crippen molar-refractivity contribution >= 4 is 41.0 Å². The number of ether oxygens (including phenoxy) is 2. The van der Waals surface area contributed by atoms with E-state index in [9.17, 15) is 24.0 Å². The maximum absolute atomic E-state index is 13.0. The van der Waals surface area contributed by atoms with Crippen molar-refractivity contribution in [2.45, 2.75) is 33.2 Å². The number of hydrogen-bond donors (Lipinski definition) is 2. The third-order valence-electron chi connectivity index (χ3n) is 5.67. The molecule has 2 N–H and O–H groups in total. The molecule has 10 heteroatoms. The molecule has 4 amide bonds. The first kappa shape index (κ1) is 25.4. The molecule has 1 aliphatic rings. The van der Waals surface area contributed by atoms with Crippen LogP contribution in [0.2, 0.25) is 0 Å². The van der Waals surface area contributed by atoms with Crippen molar-refractivity contribution < 1.29 is 33.4 Å². The SMILES string of the molecule is CC[C@H](C)[C@@H](C(=O)OCC(=O)Nc1cc(NC(C)=O)ccc1OC)N1C(=O)c2ccccc2C1=O. The van der Waals surface area contributed by atoms with E-state index in [4.69, 9.17) is 9.47 Å². The van der Waals surface area contributed by atoms with Gasteiger partial charge in [-0.15, -0.1) is 0 Å². The van der Waals surface area contributed by atoms with Gasteiger partial charge < -0.3 is 20.1 Å². The van der Waals surface area contributed by atoms with Crippen molar-refractivity contribution in [1.29, 1.82) is 0 Å². The highest BCUT2D eigenvalue weighted by Gasteiger charge is 2.45. The summed E-state index contributed by atoms with van der Waals surface area (Å²) in [5.74, 6) is -3.02. The summed E-state index contributed by atoms with van der Waals surface area (Å²) in [5.41, 5.74) is 1.15. The Balaban J connectivity index is 1.72. The van der Waals surface area contributed by atoms with Gasteiger partial charge in [0.2, 0.25) is 5.91 Å². The highest BCUT2D eigenvalue weighted by molar-refractivity contribution is 6.22. The number of anilines is 2. The van der Waals surface area contributed by atoms with Crippen LogP contribution in [0.5, 0.6) is 5.75 Å². The Morgan fingerprint density at radius 1 is 1.00 bits per heavy atom. The van der Waals surface area contributed by atoms with E-state index in [1.807, 2.05) is 6.92 Å². The molecule has 2 atom stereocenters. The first-order valence-corrected chi connectivity index (χ1v) is 11.1. The molecule has 2 aromatic rings. The Morgan fingerprint density at radius 2 is 1.63 bits per heavy atom. The number of fused-ring (bicyclic) bond motifs is 1. The number of methoxy groups -OCH3 is 1. The van der Waals surface area contributed by atoms with Gasteiger partial charge in [-0.3, -0.25) is 24.1 Å². The Hall–Kier alpha value is -4.21. The summed E-state index contributed by atoms with van der Waals surface area (Å²) in [7, 11) is 1.42. The van der Waals surface area contributed by atoms with Gasteiger partial charge >= 0.3 is 5.97 Å².